The highest BCUT2D eigenvalue weighted by Crippen LogP contribution is 2.34. The van der Waals surface area contributed by atoms with E-state index in [9.17, 15) is 14.7 Å². The molecule has 1 fully saturated rings. The maximum Gasteiger partial charge on any atom is 0.239 e. The lowest BCUT2D eigenvalue weighted by Gasteiger charge is -2.22. The molecule has 1 amide bonds. The average Bonchev–Trinajstić information content (AvgIpc) is 3.33. The van der Waals surface area contributed by atoms with Gasteiger partial charge in [-0.15, -0.1) is 23.1 Å². The third kappa shape index (κ3) is 6.45. The lowest BCUT2D eigenvalue weighted by Crippen LogP contribution is -2.33. The first-order valence-corrected chi connectivity index (χ1v) is 13.3. The van der Waals surface area contributed by atoms with Crippen LogP contribution in [-0.4, -0.2) is 28.4 Å². The van der Waals surface area contributed by atoms with Crippen LogP contribution in [0.1, 0.15) is 49.1 Å². The Kier molecular flexibility index (Phi) is 8.18. The summed E-state index contributed by atoms with van der Waals surface area (Å²) in [7, 11) is 0. The molecule has 5 nitrogen and oxygen atoms in total. The lowest BCUT2D eigenvalue weighted by atomic mass is 9.84. The van der Waals surface area contributed by atoms with Gasteiger partial charge in [0.25, 0.3) is 0 Å². The number of amides is 1. The number of nitrogens with zero attached hydrogens (tertiary/aromatic N) is 2. The highest BCUT2D eigenvalue weighted by Gasteiger charge is 2.21. The van der Waals surface area contributed by atoms with Crippen molar-refractivity contribution in [2.45, 2.75) is 44.6 Å². The van der Waals surface area contributed by atoms with Gasteiger partial charge in [0.15, 0.2) is 5.13 Å². The van der Waals surface area contributed by atoms with E-state index in [1.807, 2.05) is 35.7 Å². The summed E-state index contributed by atoms with van der Waals surface area (Å²) in [5, 5.41) is 13.3. The van der Waals surface area contributed by atoms with Crippen LogP contribution in [0.4, 0.5) is 5.13 Å². The molecule has 0 atom stereocenters. The maximum atomic E-state index is 13.0. The zero-order valence-electron chi connectivity index (χ0n) is 18.4. The quantitative estimate of drug-likeness (QED) is 0.438. The number of benzene rings is 2. The Labute approximate surface area is 202 Å². The van der Waals surface area contributed by atoms with Crippen LogP contribution in [0.2, 0.25) is 0 Å². The van der Waals surface area contributed by atoms with E-state index in [0.717, 1.165) is 28.6 Å². The molecular weight excluding hydrogens is 452 g/mol. The summed E-state index contributed by atoms with van der Waals surface area (Å²) < 4.78 is 0. The molecule has 1 heterocycles. The molecule has 0 aliphatic heterocycles. The molecule has 2 aromatic carbocycles. The zero-order valence-corrected chi connectivity index (χ0v) is 20.1. The van der Waals surface area contributed by atoms with Crippen molar-refractivity contribution in [3.05, 3.63) is 71.1 Å². The Morgan fingerprint density at radius 1 is 1.00 bits per heavy atom. The molecule has 33 heavy (non-hydrogen) atoms. The second-order valence-corrected chi connectivity index (χ2v) is 10.1. The molecule has 7 heteroatoms. The number of carbonyl (C=O) groups is 2. The van der Waals surface area contributed by atoms with Crippen LogP contribution in [-0.2, 0) is 16.1 Å². The van der Waals surface area contributed by atoms with Gasteiger partial charge >= 0.3 is 0 Å². The number of thiazole rings is 1. The van der Waals surface area contributed by atoms with E-state index in [2.05, 4.69) is 24.3 Å². The number of carboxylic acids is 1. The lowest BCUT2D eigenvalue weighted by molar-refractivity contribution is -0.301. The number of hydrogen-bond donors (Lipinski definition) is 0. The number of aliphatic carboxylic acids is 1. The summed E-state index contributed by atoms with van der Waals surface area (Å²) in [4.78, 5) is 30.1. The smallest absolute Gasteiger partial charge is 0.239 e. The molecule has 4 rings (SSSR count). The molecule has 0 N–H and O–H groups in total. The van der Waals surface area contributed by atoms with Crippen LogP contribution in [0, 0.1) is 0 Å². The molecule has 1 saturated carbocycles. The van der Waals surface area contributed by atoms with Gasteiger partial charge in [0, 0.05) is 16.7 Å². The Morgan fingerprint density at radius 2 is 1.73 bits per heavy atom. The van der Waals surface area contributed by atoms with Gasteiger partial charge < -0.3 is 9.90 Å². The molecule has 0 saturated heterocycles. The molecular formula is C26H27N2O3S2-. The van der Waals surface area contributed by atoms with Crippen LogP contribution >= 0.6 is 23.1 Å². The highest BCUT2D eigenvalue weighted by molar-refractivity contribution is 8.00. The van der Waals surface area contributed by atoms with Crippen LogP contribution in [0.5, 0.6) is 0 Å². The van der Waals surface area contributed by atoms with Crippen molar-refractivity contribution in [2.75, 3.05) is 16.4 Å². The summed E-state index contributed by atoms with van der Waals surface area (Å²) in [5.74, 6) is -0.821. The SMILES string of the molecule is O=C([O-])CSCC(=O)N(Cc1ccccc1)c1nc(-c2ccc(C3CCCCC3)cc2)cs1. The summed E-state index contributed by atoms with van der Waals surface area (Å²) in [5.41, 5.74) is 4.28. The predicted molar refractivity (Wildman–Crippen MR) is 133 cm³/mol. The van der Waals surface area contributed by atoms with Gasteiger partial charge in [-0.05, 0) is 29.9 Å². The number of aromatic nitrogens is 1. The van der Waals surface area contributed by atoms with E-state index in [-0.39, 0.29) is 17.4 Å². The first-order chi connectivity index (χ1) is 16.1. The first-order valence-electron chi connectivity index (χ1n) is 11.3. The van der Waals surface area contributed by atoms with E-state index in [4.69, 9.17) is 4.98 Å². The van der Waals surface area contributed by atoms with E-state index in [1.54, 1.807) is 4.90 Å². The highest BCUT2D eigenvalue weighted by atomic mass is 32.2. The topological polar surface area (TPSA) is 73.3 Å². The predicted octanol–water partition coefficient (Wildman–Crippen LogP) is 4.87. The third-order valence-corrected chi connectivity index (χ3v) is 7.69. The molecule has 0 radical (unpaired) electrons. The Hall–Kier alpha value is -2.64. The number of thioether (sulfide) groups is 1. The molecule has 1 aliphatic carbocycles. The Morgan fingerprint density at radius 3 is 2.42 bits per heavy atom. The fourth-order valence-corrected chi connectivity index (χ4v) is 5.66. The van der Waals surface area contributed by atoms with Crippen LogP contribution in [0.25, 0.3) is 11.3 Å². The normalized spacial score (nSPS) is 14.2. The summed E-state index contributed by atoms with van der Waals surface area (Å²) in [6, 6.07) is 18.4. The van der Waals surface area contributed by atoms with Crippen molar-refractivity contribution in [3.63, 3.8) is 0 Å². The number of hydrogen-bond acceptors (Lipinski definition) is 6. The number of carboxylic acid groups (broad SMARTS) is 1. The van der Waals surface area contributed by atoms with Crippen LogP contribution < -0.4 is 10.0 Å². The van der Waals surface area contributed by atoms with E-state index >= 15 is 0 Å². The minimum atomic E-state index is -1.17. The van der Waals surface area contributed by atoms with Crippen molar-refractivity contribution in [1.29, 1.82) is 0 Å². The Bertz CT molecular complexity index is 1060. The minimum Gasteiger partial charge on any atom is -0.549 e. The van der Waals surface area contributed by atoms with Crippen molar-refractivity contribution >= 4 is 40.1 Å². The van der Waals surface area contributed by atoms with Crippen LogP contribution in [0.3, 0.4) is 0 Å². The molecule has 0 spiro atoms. The summed E-state index contributed by atoms with van der Waals surface area (Å²) in [6.07, 6.45) is 6.52. The van der Waals surface area contributed by atoms with Crippen molar-refractivity contribution in [3.8, 4) is 11.3 Å². The zero-order chi connectivity index (χ0) is 23.0. The monoisotopic (exact) mass is 479 g/mol. The largest absolute Gasteiger partial charge is 0.549 e. The van der Waals surface area contributed by atoms with E-state index in [0.29, 0.717) is 17.6 Å². The second-order valence-electron chi connectivity index (χ2n) is 8.30. The van der Waals surface area contributed by atoms with E-state index in [1.165, 1.54) is 49.0 Å². The molecule has 1 aromatic heterocycles. The summed E-state index contributed by atoms with van der Waals surface area (Å²) >= 11 is 2.47. The standard InChI is InChI=1S/C26H28N2O3S2/c29-24(17-32-18-25(30)31)28(15-19-7-3-1-4-8-19)26-27-23(16-33-26)22-13-11-21(12-14-22)20-9-5-2-6-10-20/h1,3-4,7-8,11-14,16,20H,2,5-6,9-10,15,17-18H2,(H,30,31)/p-1. The third-order valence-electron chi connectivity index (χ3n) is 5.94. The van der Waals surface area contributed by atoms with Crippen molar-refractivity contribution < 1.29 is 14.7 Å². The van der Waals surface area contributed by atoms with Crippen molar-refractivity contribution in [1.82, 2.24) is 4.98 Å². The molecule has 172 valence electrons. The van der Waals surface area contributed by atoms with Crippen molar-refractivity contribution in [2.24, 2.45) is 0 Å². The van der Waals surface area contributed by atoms with Gasteiger partial charge in [-0.1, -0.05) is 73.9 Å². The van der Waals surface area contributed by atoms with Gasteiger partial charge in [-0.25, -0.2) is 4.98 Å². The molecule has 3 aromatic rings. The summed E-state index contributed by atoms with van der Waals surface area (Å²) in [6.45, 7) is 0.388. The van der Waals surface area contributed by atoms with Gasteiger partial charge in [0.1, 0.15) is 0 Å². The van der Waals surface area contributed by atoms with E-state index < -0.39 is 5.97 Å². The van der Waals surface area contributed by atoms with Gasteiger partial charge in [-0.3, -0.25) is 9.69 Å². The van der Waals surface area contributed by atoms with Gasteiger partial charge in [-0.2, -0.15) is 0 Å². The minimum absolute atomic E-state index is 0.0613. The van der Waals surface area contributed by atoms with Crippen LogP contribution in [0.15, 0.2) is 60.0 Å². The Balaban J connectivity index is 1.51. The molecule has 1 aliphatic rings. The number of rotatable bonds is 9. The van der Waals surface area contributed by atoms with Gasteiger partial charge in [0.05, 0.1) is 24.0 Å². The molecule has 0 unspecified atom stereocenters. The fraction of sp³-hybridized carbons (Fsp3) is 0.346. The number of anilines is 1. The number of carbonyl (C=O) groups excluding carboxylic acids is 2. The molecule has 0 bridgehead atoms. The maximum absolute atomic E-state index is 13.0. The fourth-order valence-electron chi connectivity index (χ4n) is 4.21. The first kappa shape index (κ1) is 23.5. The average molecular weight is 480 g/mol. The van der Waals surface area contributed by atoms with Gasteiger partial charge in [0.2, 0.25) is 5.91 Å². The second kappa shape index (κ2) is 11.5.